The van der Waals surface area contributed by atoms with Gasteiger partial charge in [-0.1, -0.05) is 0 Å². The molecule has 0 radical (unpaired) electrons. The molecule has 0 amide bonds. The Balaban J connectivity index is 1.85. The number of nitrogens with one attached hydrogen (secondary N) is 1. The third-order valence-corrected chi connectivity index (χ3v) is 3.68. The molecule has 1 saturated carbocycles. The Morgan fingerprint density at radius 1 is 1.29 bits per heavy atom. The summed E-state index contributed by atoms with van der Waals surface area (Å²) in [7, 11) is 0. The fourth-order valence-corrected chi connectivity index (χ4v) is 2.23. The lowest BCUT2D eigenvalue weighted by atomic mass is 10.1. The predicted octanol–water partition coefficient (Wildman–Crippen LogP) is 2.47. The van der Waals surface area contributed by atoms with Crippen molar-refractivity contribution in [3.05, 3.63) is 42.0 Å². The highest BCUT2D eigenvalue weighted by Gasteiger charge is 2.23. The molecule has 1 aliphatic rings. The van der Waals surface area contributed by atoms with Crippen LogP contribution in [0.1, 0.15) is 37.1 Å². The van der Waals surface area contributed by atoms with Gasteiger partial charge in [-0.25, -0.2) is 0 Å². The predicted molar refractivity (Wildman–Crippen MR) is 79.1 cm³/mol. The van der Waals surface area contributed by atoms with Crippen LogP contribution in [0.25, 0.3) is 11.4 Å². The van der Waals surface area contributed by atoms with Crippen molar-refractivity contribution < 1.29 is 0 Å². The van der Waals surface area contributed by atoms with Gasteiger partial charge in [-0.2, -0.15) is 5.26 Å². The number of hydrogen-bond acceptors (Lipinski definition) is 5. The Hall–Kier alpha value is -2.32. The molecule has 0 unspecified atom stereocenters. The quantitative estimate of drug-likeness (QED) is 0.910. The van der Waals surface area contributed by atoms with Crippen molar-refractivity contribution in [1.82, 2.24) is 20.3 Å². The normalized spacial score (nSPS) is 15.4. The molecule has 1 aliphatic carbocycles. The summed E-state index contributed by atoms with van der Waals surface area (Å²) >= 11 is 0. The van der Waals surface area contributed by atoms with Gasteiger partial charge in [-0.15, -0.1) is 0 Å². The van der Waals surface area contributed by atoms with E-state index in [0.29, 0.717) is 5.56 Å². The van der Waals surface area contributed by atoms with E-state index in [0.717, 1.165) is 29.5 Å². The molecule has 0 aromatic carbocycles. The number of rotatable bonds is 5. The van der Waals surface area contributed by atoms with Crippen molar-refractivity contribution in [1.29, 1.82) is 5.26 Å². The molecule has 5 nitrogen and oxygen atoms in total. The fraction of sp³-hybridized carbons (Fsp3) is 0.375. The maximum atomic E-state index is 8.84. The van der Waals surface area contributed by atoms with Gasteiger partial charge < -0.3 is 5.32 Å². The van der Waals surface area contributed by atoms with Crippen LogP contribution in [0.4, 0.5) is 0 Å². The minimum absolute atomic E-state index is 0.131. The van der Waals surface area contributed by atoms with Gasteiger partial charge in [0.25, 0.3) is 0 Å². The summed E-state index contributed by atoms with van der Waals surface area (Å²) in [6, 6.07) is 5.78. The molecule has 1 N–H and O–H groups in total. The summed E-state index contributed by atoms with van der Waals surface area (Å²) in [5.41, 5.74) is 2.97. The van der Waals surface area contributed by atoms with Crippen LogP contribution in [0.3, 0.4) is 0 Å². The van der Waals surface area contributed by atoms with Crippen LogP contribution in [0.2, 0.25) is 0 Å². The van der Waals surface area contributed by atoms with Crippen LogP contribution in [0, 0.1) is 17.2 Å². The topological polar surface area (TPSA) is 74.5 Å². The van der Waals surface area contributed by atoms with E-state index in [2.05, 4.69) is 33.3 Å². The van der Waals surface area contributed by atoms with Crippen LogP contribution in [-0.2, 0) is 0 Å². The van der Waals surface area contributed by atoms with E-state index in [4.69, 9.17) is 5.26 Å². The largest absolute Gasteiger partial charge is 0.309 e. The van der Waals surface area contributed by atoms with Crippen molar-refractivity contribution in [2.75, 3.05) is 6.54 Å². The third-order valence-electron chi connectivity index (χ3n) is 3.68. The van der Waals surface area contributed by atoms with Crippen LogP contribution in [0.5, 0.6) is 0 Å². The van der Waals surface area contributed by atoms with Gasteiger partial charge >= 0.3 is 0 Å². The number of nitriles is 1. The number of nitrogens with zero attached hydrogens (tertiary/aromatic N) is 4. The lowest BCUT2D eigenvalue weighted by Gasteiger charge is -2.15. The summed E-state index contributed by atoms with van der Waals surface area (Å²) in [5, 5.41) is 12.4. The second-order valence-electron chi connectivity index (χ2n) is 5.41. The molecule has 1 atom stereocenters. The SMILES string of the molecule is C[C@H](NCC1CC1)c1nccnc1-c1ccc(C#N)cn1. The number of aromatic nitrogens is 3. The van der Waals surface area contributed by atoms with Crippen LogP contribution in [-0.4, -0.2) is 21.5 Å². The summed E-state index contributed by atoms with van der Waals surface area (Å²) in [5.74, 6) is 0.820. The standard InChI is InChI=1S/C16H17N5/c1-11(20-9-12-2-3-12)15-16(19-7-6-18-15)14-5-4-13(8-17)10-21-14/h4-7,10-12,20H,2-3,9H2,1H3/t11-/m0/s1. The lowest BCUT2D eigenvalue weighted by Crippen LogP contribution is -2.22. The second kappa shape index (κ2) is 5.98. The Labute approximate surface area is 124 Å². The lowest BCUT2D eigenvalue weighted by molar-refractivity contribution is 0.538. The first-order chi connectivity index (χ1) is 10.3. The van der Waals surface area contributed by atoms with Gasteiger partial charge in [0.15, 0.2) is 0 Å². The first-order valence-electron chi connectivity index (χ1n) is 7.18. The highest BCUT2D eigenvalue weighted by molar-refractivity contribution is 5.58. The molecule has 0 bridgehead atoms. The Kier molecular flexibility index (Phi) is 3.89. The molecule has 2 aromatic rings. The zero-order valence-electron chi connectivity index (χ0n) is 12.0. The van der Waals surface area contributed by atoms with E-state index < -0.39 is 0 Å². The zero-order valence-corrected chi connectivity index (χ0v) is 12.0. The van der Waals surface area contributed by atoms with Crippen molar-refractivity contribution in [2.24, 2.45) is 5.92 Å². The van der Waals surface area contributed by atoms with E-state index in [1.165, 1.54) is 12.8 Å². The third kappa shape index (κ3) is 3.23. The molecular weight excluding hydrogens is 262 g/mol. The van der Waals surface area contributed by atoms with Crippen LogP contribution in [0.15, 0.2) is 30.7 Å². The van der Waals surface area contributed by atoms with E-state index in [9.17, 15) is 0 Å². The maximum Gasteiger partial charge on any atom is 0.112 e. The Morgan fingerprint density at radius 2 is 2.10 bits per heavy atom. The van der Waals surface area contributed by atoms with E-state index in [1.807, 2.05) is 6.07 Å². The van der Waals surface area contributed by atoms with E-state index in [-0.39, 0.29) is 6.04 Å². The first-order valence-corrected chi connectivity index (χ1v) is 7.18. The smallest absolute Gasteiger partial charge is 0.112 e. The van der Waals surface area contributed by atoms with Gasteiger partial charge in [0.05, 0.1) is 17.0 Å². The first kappa shape index (κ1) is 13.7. The minimum Gasteiger partial charge on any atom is -0.309 e. The molecule has 0 aliphatic heterocycles. The van der Waals surface area contributed by atoms with Crippen LogP contribution < -0.4 is 5.32 Å². The molecule has 2 heterocycles. The summed E-state index contributed by atoms with van der Waals surface area (Å²) in [4.78, 5) is 13.2. The molecule has 106 valence electrons. The molecule has 0 saturated heterocycles. The molecule has 5 heteroatoms. The van der Waals surface area contributed by atoms with Crippen LogP contribution >= 0.6 is 0 Å². The van der Waals surface area contributed by atoms with Gasteiger partial charge in [-0.3, -0.25) is 15.0 Å². The van der Waals surface area contributed by atoms with Gasteiger partial charge in [0.2, 0.25) is 0 Å². The van der Waals surface area contributed by atoms with Crippen molar-refractivity contribution in [3.8, 4) is 17.5 Å². The molecule has 2 aromatic heterocycles. The highest BCUT2D eigenvalue weighted by Crippen LogP contribution is 2.29. The summed E-state index contributed by atoms with van der Waals surface area (Å²) < 4.78 is 0. The molecule has 1 fully saturated rings. The second-order valence-corrected chi connectivity index (χ2v) is 5.41. The molecule has 21 heavy (non-hydrogen) atoms. The fourth-order valence-electron chi connectivity index (χ4n) is 2.23. The highest BCUT2D eigenvalue weighted by atomic mass is 15.0. The van der Waals surface area contributed by atoms with E-state index >= 15 is 0 Å². The number of pyridine rings is 1. The van der Waals surface area contributed by atoms with Gasteiger partial charge in [0.1, 0.15) is 11.8 Å². The molecule has 3 rings (SSSR count). The summed E-state index contributed by atoms with van der Waals surface area (Å²) in [6.07, 6.45) is 7.59. The van der Waals surface area contributed by atoms with Crippen molar-refractivity contribution in [2.45, 2.75) is 25.8 Å². The minimum atomic E-state index is 0.131. The zero-order chi connectivity index (χ0) is 14.7. The van der Waals surface area contributed by atoms with Crippen molar-refractivity contribution >= 4 is 0 Å². The molecule has 0 spiro atoms. The van der Waals surface area contributed by atoms with Gasteiger partial charge in [-0.05, 0) is 44.4 Å². The summed E-state index contributed by atoms with van der Waals surface area (Å²) in [6.45, 7) is 3.12. The Morgan fingerprint density at radius 3 is 2.76 bits per heavy atom. The van der Waals surface area contributed by atoms with Gasteiger partial charge in [0, 0.05) is 24.6 Å². The maximum absolute atomic E-state index is 8.84. The average molecular weight is 279 g/mol. The monoisotopic (exact) mass is 279 g/mol. The van der Waals surface area contributed by atoms with E-state index in [1.54, 1.807) is 24.7 Å². The molecular formula is C16H17N5. The number of hydrogen-bond donors (Lipinski definition) is 1. The van der Waals surface area contributed by atoms with Crippen molar-refractivity contribution in [3.63, 3.8) is 0 Å². The average Bonchev–Trinajstić information content (AvgIpc) is 3.37. The Bertz CT molecular complexity index is 655.